The molecule has 1 atom stereocenters. The van der Waals surface area contributed by atoms with Crippen LogP contribution in [0.5, 0.6) is 0 Å². The molecule has 0 unspecified atom stereocenters. The lowest BCUT2D eigenvalue weighted by atomic mass is 10.2. The zero-order valence-corrected chi connectivity index (χ0v) is 7.68. The summed E-state index contributed by atoms with van der Waals surface area (Å²) in [5, 5.41) is 15.1. The lowest BCUT2D eigenvalue weighted by molar-refractivity contribution is -0.124. The van der Waals surface area contributed by atoms with E-state index >= 15 is 0 Å². The zero-order valence-electron chi connectivity index (χ0n) is 7.68. The predicted octanol–water partition coefficient (Wildman–Crippen LogP) is -0.621. The molecular formula is C9H16N2O2. The Bertz CT molecular complexity index is 208. The van der Waals surface area contributed by atoms with Gasteiger partial charge < -0.3 is 15.7 Å². The van der Waals surface area contributed by atoms with E-state index in [9.17, 15) is 4.79 Å². The van der Waals surface area contributed by atoms with Gasteiger partial charge in [0, 0.05) is 0 Å². The van der Waals surface area contributed by atoms with Crippen LogP contribution in [0.1, 0.15) is 25.7 Å². The van der Waals surface area contributed by atoms with Crippen molar-refractivity contribution in [1.82, 2.24) is 10.6 Å². The SMILES string of the molecule is O=C(NC1(CO)CC1)[C@H]1CCCN1. The molecule has 1 aliphatic carbocycles. The fraction of sp³-hybridized carbons (Fsp3) is 0.889. The fourth-order valence-electron chi connectivity index (χ4n) is 1.73. The number of aliphatic hydroxyl groups is 1. The largest absolute Gasteiger partial charge is 0.394 e. The number of amides is 1. The molecule has 4 heteroatoms. The maximum absolute atomic E-state index is 11.6. The molecule has 13 heavy (non-hydrogen) atoms. The summed E-state index contributed by atoms with van der Waals surface area (Å²) < 4.78 is 0. The van der Waals surface area contributed by atoms with Crippen LogP contribution < -0.4 is 10.6 Å². The second kappa shape index (κ2) is 3.27. The van der Waals surface area contributed by atoms with Crippen molar-refractivity contribution in [1.29, 1.82) is 0 Å². The number of hydrogen-bond acceptors (Lipinski definition) is 3. The molecule has 2 fully saturated rings. The van der Waals surface area contributed by atoms with E-state index in [1.807, 2.05) is 0 Å². The average Bonchev–Trinajstić information content (AvgIpc) is 2.69. The first-order valence-corrected chi connectivity index (χ1v) is 4.92. The molecule has 1 heterocycles. The van der Waals surface area contributed by atoms with Crippen molar-refractivity contribution < 1.29 is 9.90 Å². The minimum Gasteiger partial charge on any atom is -0.394 e. The van der Waals surface area contributed by atoms with Gasteiger partial charge >= 0.3 is 0 Å². The second-order valence-electron chi connectivity index (χ2n) is 4.08. The first-order valence-electron chi connectivity index (χ1n) is 4.92. The van der Waals surface area contributed by atoms with Crippen molar-refractivity contribution >= 4 is 5.91 Å². The molecule has 0 bridgehead atoms. The van der Waals surface area contributed by atoms with Gasteiger partial charge in [0.25, 0.3) is 0 Å². The first kappa shape index (κ1) is 8.97. The van der Waals surface area contributed by atoms with Crippen LogP contribution in [-0.2, 0) is 4.79 Å². The van der Waals surface area contributed by atoms with Crippen molar-refractivity contribution in [2.75, 3.05) is 13.2 Å². The third-order valence-corrected chi connectivity index (χ3v) is 2.92. The molecule has 1 saturated carbocycles. The van der Waals surface area contributed by atoms with Crippen molar-refractivity contribution in [3.8, 4) is 0 Å². The average molecular weight is 184 g/mol. The molecule has 1 amide bonds. The molecular weight excluding hydrogens is 168 g/mol. The number of carbonyl (C=O) groups excluding carboxylic acids is 1. The Kier molecular flexibility index (Phi) is 2.26. The molecule has 74 valence electrons. The summed E-state index contributed by atoms with van der Waals surface area (Å²) in [6.45, 7) is 1.01. The molecule has 0 radical (unpaired) electrons. The quantitative estimate of drug-likeness (QED) is 0.548. The Labute approximate surface area is 77.7 Å². The van der Waals surface area contributed by atoms with Crippen molar-refractivity contribution in [2.24, 2.45) is 0 Å². The van der Waals surface area contributed by atoms with Gasteiger partial charge in [0.05, 0.1) is 18.2 Å². The fourth-order valence-corrected chi connectivity index (χ4v) is 1.73. The molecule has 0 spiro atoms. The van der Waals surface area contributed by atoms with Crippen molar-refractivity contribution in [3.63, 3.8) is 0 Å². The van der Waals surface area contributed by atoms with Crippen LogP contribution in [0.25, 0.3) is 0 Å². The molecule has 0 aromatic carbocycles. The summed E-state index contributed by atoms with van der Waals surface area (Å²) >= 11 is 0. The summed E-state index contributed by atoms with van der Waals surface area (Å²) in [5.41, 5.74) is -0.263. The molecule has 2 aliphatic rings. The maximum Gasteiger partial charge on any atom is 0.237 e. The highest BCUT2D eigenvalue weighted by Crippen LogP contribution is 2.34. The van der Waals surface area contributed by atoms with E-state index in [4.69, 9.17) is 5.11 Å². The number of nitrogens with one attached hydrogen (secondary N) is 2. The Morgan fingerprint density at radius 2 is 2.38 bits per heavy atom. The third-order valence-electron chi connectivity index (χ3n) is 2.92. The van der Waals surface area contributed by atoms with Gasteiger partial charge in [-0.25, -0.2) is 0 Å². The van der Waals surface area contributed by atoms with Gasteiger partial charge in [0.2, 0.25) is 5.91 Å². The van der Waals surface area contributed by atoms with E-state index in [1.54, 1.807) is 0 Å². The van der Waals surface area contributed by atoms with Gasteiger partial charge in [-0.15, -0.1) is 0 Å². The Hall–Kier alpha value is -0.610. The maximum atomic E-state index is 11.6. The summed E-state index contributed by atoms with van der Waals surface area (Å²) in [6.07, 6.45) is 3.83. The van der Waals surface area contributed by atoms with E-state index in [0.29, 0.717) is 0 Å². The lowest BCUT2D eigenvalue weighted by Gasteiger charge is -2.17. The topological polar surface area (TPSA) is 61.4 Å². The molecule has 1 saturated heterocycles. The highest BCUT2D eigenvalue weighted by Gasteiger charge is 2.44. The van der Waals surface area contributed by atoms with Gasteiger partial charge in [-0.1, -0.05) is 0 Å². The van der Waals surface area contributed by atoms with Crippen LogP contribution >= 0.6 is 0 Å². The van der Waals surface area contributed by atoms with Crippen LogP contribution in [-0.4, -0.2) is 35.7 Å². The highest BCUT2D eigenvalue weighted by atomic mass is 16.3. The van der Waals surface area contributed by atoms with Gasteiger partial charge in [-0.05, 0) is 32.2 Å². The molecule has 3 N–H and O–H groups in total. The minimum absolute atomic E-state index is 0.0241. The monoisotopic (exact) mass is 184 g/mol. The Morgan fingerprint density at radius 3 is 2.85 bits per heavy atom. The van der Waals surface area contributed by atoms with Crippen molar-refractivity contribution in [2.45, 2.75) is 37.3 Å². The normalized spacial score (nSPS) is 30.1. The number of aliphatic hydroxyl groups excluding tert-OH is 1. The molecule has 1 aliphatic heterocycles. The van der Waals surface area contributed by atoms with Gasteiger partial charge in [-0.3, -0.25) is 4.79 Å². The van der Waals surface area contributed by atoms with Gasteiger partial charge in [0.1, 0.15) is 0 Å². The lowest BCUT2D eigenvalue weighted by Crippen LogP contribution is -2.47. The number of carbonyl (C=O) groups is 1. The number of rotatable bonds is 3. The summed E-state index contributed by atoms with van der Waals surface area (Å²) in [4.78, 5) is 11.6. The molecule has 0 aromatic rings. The third kappa shape index (κ3) is 1.84. The van der Waals surface area contributed by atoms with Crippen LogP contribution in [0.4, 0.5) is 0 Å². The Morgan fingerprint density at radius 1 is 1.62 bits per heavy atom. The second-order valence-corrected chi connectivity index (χ2v) is 4.08. The molecule has 2 rings (SSSR count). The summed E-state index contributed by atoms with van der Waals surface area (Å²) in [6, 6.07) is -0.0241. The van der Waals surface area contributed by atoms with Crippen molar-refractivity contribution in [3.05, 3.63) is 0 Å². The summed E-state index contributed by atoms with van der Waals surface area (Å²) in [5.74, 6) is 0.0593. The van der Waals surface area contributed by atoms with Gasteiger partial charge in [0.15, 0.2) is 0 Å². The highest BCUT2D eigenvalue weighted by molar-refractivity contribution is 5.83. The van der Waals surface area contributed by atoms with Crippen LogP contribution in [0.2, 0.25) is 0 Å². The van der Waals surface area contributed by atoms with Crippen LogP contribution in [0.15, 0.2) is 0 Å². The van der Waals surface area contributed by atoms with Crippen LogP contribution in [0, 0.1) is 0 Å². The smallest absolute Gasteiger partial charge is 0.237 e. The zero-order chi connectivity index (χ0) is 9.31. The van der Waals surface area contributed by atoms with Gasteiger partial charge in [-0.2, -0.15) is 0 Å². The Balaban J connectivity index is 1.84. The van der Waals surface area contributed by atoms with E-state index in [1.165, 1.54) is 0 Å². The number of hydrogen-bond donors (Lipinski definition) is 3. The van der Waals surface area contributed by atoms with E-state index in [2.05, 4.69) is 10.6 Å². The first-order chi connectivity index (χ1) is 6.26. The van der Waals surface area contributed by atoms with E-state index in [0.717, 1.165) is 32.2 Å². The van der Waals surface area contributed by atoms with E-state index in [-0.39, 0.29) is 24.1 Å². The predicted molar refractivity (Wildman–Crippen MR) is 48.2 cm³/mol. The molecule has 0 aromatic heterocycles. The van der Waals surface area contributed by atoms with Crippen LogP contribution in [0.3, 0.4) is 0 Å². The van der Waals surface area contributed by atoms with E-state index < -0.39 is 0 Å². The molecule has 4 nitrogen and oxygen atoms in total. The standard InChI is InChI=1S/C9H16N2O2/c12-6-9(3-4-9)11-8(13)7-2-1-5-10-7/h7,10,12H,1-6H2,(H,11,13)/t7-/m1/s1. The summed E-state index contributed by atoms with van der Waals surface area (Å²) in [7, 11) is 0. The minimum atomic E-state index is -0.263.